The standard InChI is InChI=1S/C23H27N3O4S/c1-23(2,3)18-12-17(21(27)19(13-18)20-22(28)26-11-10-25-20)9-8-15-4-6-16(7-5-15)14-31(24,29)30/h4-7,10-13,27H,8-9,14H2,1-3H3,(H,26,28)(H2,24,29,30). The first kappa shape index (κ1) is 22.7. The number of H-pyrrole nitrogens is 1. The molecule has 0 aliphatic carbocycles. The third-order valence-electron chi connectivity index (χ3n) is 5.09. The highest BCUT2D eigenvalue weighted by Gasteiger charge is 2.21. The zero-order valence-electron chi connectivity index (χ0n) is 17.8. The van der Waals surface area contributed by atoms with Crippen LogP contribution in [-0.2, 0) is 34.0 Å². The Balaban J connectivity index is 1.93. The molecule has 0 unspecified atom stereocenters. The third kappa shape index (κ3) is 5.80. The van der Waals surface area contributed by atoms with E-state index >= 15 is 0 Å². The molecule has 0 fully saturated rings. The highest BCUT2D eigenvalue weighted by molar-refractivity contribution is 7.88. The Morgan fingerprint density at radius 1 is 1.06 bits per heavy atom. The Hall–Kier alpha value is -2.97. The first-order chi connectivity index (χ1) is 14.4. The predicted octanol–water partition coefficient (Wildman–Crippen LogP) is 3.01. The lowest BCUT2D eigenvalue weighted by atomic mass is 9.83. The highest BCUT2D eigenvalue weighted by atomic mass is 32.2. The number of rotatable bonds is 6. The van der Waals surface area contributed by atoms with Gasteiger partial charge in [0.25, 0.3) is 5.56 Å². The van der Waals surface area contributed by atoms with E-state index in [1.807, 2.05) is 24.3 Å². The van der Waals surface area contributed by atoms with E-state index in [1.165, 1.54) is 12.4 Å². The van der Waals surface area contributed by atoms with Gasteiger partial charge in [-0.05, 0) is 46.6 Å². The molecule has 0 spiro atoms. The first-order valence-corrected chi connectivity index (χ1v) is 11.6. The predicted molar refractivity (Wildman–Crippen MR) is 121 cm³/mol. The van der Waals surface area contributed by atoms with E-state index in [1.54, 1.807) is 12.1 Å². The molecule has 8 heteroatoms. The van der Waals surface area contributed by atoms with Crippen LogP contribution in [0.5, 0.6) is 5.75 Å². The second kappa shape index (κ2) is 8.64. The maximum Gasteiger partial charge on any atom is 0.274 e. The molecular formula is C23H27N3O4S. The van der Waals surface area contributed by atoms with Gasteiger partial charge in [-0.15, -0.1) is 0 Å². The summed E-state index contributed by atoms with van der Waals surface area (Å²) >= 11 is 0. The minimum Gasteiger partial charge on any atom is -0.507 e. The van der Waals surface area contributed by atoms with Gasteiger partial charge in [-0.3, -0.25) is 4.79 Å². The smallest absolute Gasteiger partial charge is 0.274 e. The third-order valence-corrected chi connectivity index (χ3v) is 5.83. The Kier molecular flexibility index (Phi) is 6.33. The molecule has 0 atom stereocenters. The summed E-state index contributed by atoms with van der Waals surface area (Å²) in [5, 5.41) is 16.0. The van der Waals surface area contributed by atoms with Crippen molar-refractivity contribution in [2.45, 2.75) is 44.8 Å². The van der Waals surface area contributed by atoms with Gasteiger partial charge in [0.15, 0.2) is 0 Å². The SMILES string of the molecule is CC(C)(C)c1cc(CCc2ccc(CS(N)(=O)=O)cc2)c(O)c(-c2ncc[nH]c2=O)c1. The second-order valence-electron chi connectivity index (χ2n) is 8.67. The van der Waals surface area contributed by atoms with Crippen LogP contribution in [0.1, 0.15) is 43.0 Å². The number of aromatic hydroxyl groups is 1. The van der Waals surface area contributed by atoms with E-state index in [9.17, 15) is 18.3 Å². The quantitative estimate of drug-likeness (QED) is 0.542. The molecular weight excluding hydrogens is 414 g/mol. The van der Waals surface area contributed by atoms with Gasteiger partial charge in [-0.1, -0.05) is 51.1 Å². The summed E-state index contributed by atoms with van der Waals surface area (Å²) in [6.45, 7) is 6.21. The Morgan fingerprint density at radius 3 is 2.29 bits per heavy atom. The molecule has 0 saturated carbocycles. The van der Waals surface area contributed by atoms with E-state index in [-0.39, 0.29) is 28.2 Å². The van der Waals surface area contributed by atoms with Crippen molar-refractivity contribution in [3.63, 3.8) is 0 Å². The van der Waals surface area contributed by atoms with Gasteiger partial charge in [0.1, 0.15) is 11.4 Å². The monoisotopic (exact) mass is 441 g/mol. The Morgan fingerprint density at radius 2 is 1.71 bits per heavy atom. The molecule has 0 amide bonds. The van der Waals surface area contributed by atoms with Crippen molar-refractivity contribution in [1.29, 1.82) is 0 Å². The number of phenols is 1. The van der Waals surface area contributed by atoms with Crippen LogP contribution in [0.3, 0.4) is 0 Å². The van der Waals surface area contributed by atoms with Crippen molar-refractivity contribution in [2.24, 2.45) is 5.14 Å². The number of aromatic amines is 1. The molecule has 7 nitrogen and oxygen atoms in total. The average Bonchev–Trinajstić information content (AvgIpc) is 2.67. The molecule has 1 aromatic heterocycles. The van der Waals surface area contributed by atoms with Crippen LogP contribution < -0.4 is 10.7 Å². The number of nitrogens with one attached hydrogen (secondary N) is 1. The zero-order chi connectivity index (χ0) is 22.8. The van der Waals surface area contributed by atoms with E-state index < -0.39 is 10.0 Å². The Labute approximate surface area is 182 Å². The molecule has 2 aromatic carbocycles. The fourth-order valence-electron chi connectivity index (χ4n) is 3.36. The van der Waals surface area contributed by atoms with Gasteiger partial charge in [0.2, 0.25) is 10.0 Å². The normalized spacial score (nSPS) is 12.1. The van der Waals surface area contributed by atoms with Crippen molar-refractivity contribution in [1.82, 2.24) is 9.97 Å². The van der Waals surface area contributed by atoms with E-state index in [0.29, 0.717) is 24.0 Å². The number of phenolic OH excluding ortho intramolecular Hbond substituents is 1. The fraction of sp³-hybridized carbons (Fsp3) is 0.304. The van der Waals surface area contributed by atoms with Crippen LogP contribution in [0.25, 0.3) is 11.3 Å². The number of nitrogens with zero attached hydrogens (tertiary/aromatic N) is 1. The lowest BCUT2D eigenvalue weighted by Gasteiger charge is -2.22. The van der Waals surface area contributed by atoms with Crippen molar-refractivity contribution >= 4 is 10.0 Å². The molecule has 0 aliphatic heterocycles. The molecule has 0 saturated heterocycles. The van der Waals surface area contributed by atoms with Gasteiger partial charge in [-0.25, -0.2) is 18.5 Å². The van der Waals surface area contributed by atoms with Gasteiger partial charge in [0, 0.05) is 18.0 Å². The van der Waals surface area contributed by atoms with E-state index in [2.05, 4.69) is 30.7 Å². The highest BCUT2D eigenvalue weighted by Crippen LogP contribution is 2.36. The molecule has 0 radical (unpaired) electrons. The van der Waals surface area contributed by atoms with Gasteiger partial charge in [-0.2, -0.15) is 0 Å². The van der Waals surface area contributed by atoms with E-state index in [0.717, 1.165) is 16.7 Å². The zero-order valence-corrected chi connectivity index (χ0v) is 18.7. The maximum absolute atomic E-state index is 12.3. The molecule has 31 heavy (non-hydrogen) atoms. The summed E-state index contributed by atoms with van der Waals surface area (Å²) in [6.07, 6.45) is 4.12. The van der Waals surface area contributed by atoms with Crippen molar-refractivity contribution < 1.29 is 13.5 Å². The summed E-state index contributed by atoms with van der Waals surface area (Å²) in [7, 11) is -3.57. The van der Waals surface area contributed by atoms with E-state index in [4.69, 9.17) is 5.14 Å². The molecule has 4 N–H and O–H groups in total. The maximum atomic E-state index is 12.3. The molecule has 0 bridgehead atoms. The molecule has 0 aliphatic rings. The number of nitrogens with two attached hydrogens (primary N) is 1. The number of aryl methyl sites for hydroxylation is 2. The van der Waals surface area contributed by atoms with Gasteiger partial charge >= 0.3 is 0 Å². The summed E-state index contributed by atoms with van der Waals surface area (Å²) in [4.78, 5) is 19.0. The number of sulfonamides is 1. The minimum atomic E-state index is -3.57. The molecule has 1 heterocycles. The largest absolute Gasteiger partial charge is 0.507 e. The molecule has 3 rings (SSSR count). The topological polar surface area (TPSA) is 126 Å². The van der Waals surface area contributed by atoms with Gasteiger partial charge in [0.05, 0.1) is 5.75 Å². The van der Waals surface area contributed by atoms with Crippen molar-refractivity contribution in [2.75, 3.05) is 0 Å². The van der Waals surface area contributed by atoms with Crippen LogP contribution in [-0.4, -0.2) is 23.5 Å². The number of primary sulfonamides is 1. The molecule has 3 aromatic rings. The van der Waals surface area contributed by atoms with Crippen LogP contribution in [0.15, 0.2) is 53.6 Å². The summed E-state index contributed by atoms with van der Waals surface area (Å²) < 4.78 is 22.5. The van der Waals surface area contributed by atoms with Crippen LogP contribution in [0.2, 0.25) is 0 Å². The minimum absolute atomic E-state index is 0.0445. The first-order valence-electron chi connectivity index (χ1n) is 9.93. The number of hydrogen-bond donors (Lipinski definition) is 3. The van der Waals surface area contributed by atoms with Crippen LogP contribution in [0, 0.1) is 0 Å². The molecule has 164 valence electrons. The van der Waals surface area contributed by atoms with Gasteiger partial charge < -0.3 is 10.1 Å². The lowest BCUT2D eigenvalue weighted by molar-refractivity contribution is 0.468. The second-order valence-corrected chi connectivity index (χ2v) is 10.3. The fourth-order valence-corrected chi connectivity index (χ4v) is 4.01. The summed E-state index contributed by atoms with van der Waals surface area (Å²) in [5.74, 6) is -0.160. The summed E-state index contributed by atoms with van der Waals surface area (Å²) in [6, 6.07) is 11.0. The number of hydrogen-bond acceptors (Lipinski definition) is 5. The van der Waals surface area contributed by atoms with Crippen molar-refractivity contribution in [3.05, 3.63) is 81.4 Å². The number of benzene rings is 2. The summed E-state index contributed by atoms with van der Waals surface area (Å²) in [5.41, 5.74) is 3.38. The average molecular weight is 442 g/mol. The Bertz CT molecular complexity index is 1240. The van der Waals surface area contributed by atoms with Crippen molar-refractivity contribution in [3.8, 4) is 17.0 Å². The number of aromatic nitrogens is 2. The van der Waals surface area contributed by atoms with Crippen LogP contribution >= 0.6 is 0 Å². The lowest BCUT2D eigenvalue weighted by Crippen LogP contribution is -2.15. The van der Waals surface area contributed by atoms with Crippen LogP contribution in [0.4, 0.5) is 0 Å².